The Labute approximate surface area is 124 Å². The fourth-order valence-corrected chi connectivity index (χ4v) is 3.26. The van der Waals surface area contributed by atoms with Gasteiger partial charge in [-0.15, -0.1) is 0 Å². The molecule has 0 unspecified atom stereocenters. The Hall–Kier alpha value is -1.43. The lowest BCUT2D eigenvalue weighted by Crippen LogP contribution is -2.34. The molecule has 3 rings (SSSR count). The van der Waals surface area contributed by atoms with Crippen LogP contribution in [0.2, 0.25) is 0 Å². The van der Waals surface area contributed by atoms with Crippen molar-refractivity contribution in [1.29, 1.82) is 0 Å². The minimum Gasteiger partial charge on any atom is -0.468 e. The molecule has 0 saturated heterocycles. The van der Waals surface area contributed by atoms with Gasteiger partial charge in [-0.1, -0.05) is 24.4 Å². The summed E-state index contributed by atoms with van der Waals surface area (Å²) in [6, 6.07) is 0. The van der Waals surface area contributed by atoms with Crippen LogP contribution in [0.15, 0.2) is 4.52 Å². The number of methoxy groups -OCH3 is 1. The maximum atomic E-state index is 11.9. The maximum absolute atomic E-state index is 11.9. The van der Waals surface area contributed by atoms with Gasteiger partial charge in [0.05, 0.1) is 7.11 Å². The quantitative estimate of drug-likeness (QED) is 0.777. The predicted molar refractivity (Wildman–Crippen MR) is 73.6 cm³/mol. The van der Waals surface area contributed by atoms with Crippen LogP contribution in [0.4, 0.5) is 0 Å². The van der Waals surface area contributed by atoms with Gasteiger partial charge in [-0.25, -0.2) is 0 Å². The fourth-order valence-electron chi connectivity index (χ4n) is 3.26. The summed E-state index contributed by atoms with van der Waals surface area (Å²) in [7, 11) is 1.39. The lowest BCUT2D eigenvalue weighted by molar-refractivity contribution is -0.144. The molecule has 0 N–H and O–H groups in total. The molecule has 2 saturated carbocycles. The van der Waals surface area contributed by atoms with Gasteiger partial charge in [0.2, 0.25) is 11.7 Å². The second-order valence-corrected chi connectivity index (χ2v) is 5.98. The highest BCUT2D eigenvalue weighted by Crippen LogP contribution is 2.49. The van der Waals surface area contributed by atoms with Gasteiger partial charge in [0, 0.05) is 6.61 Å². The number of nitrogens with zero attached hydrogens (tertiary/aromatic N) is 2. The molecule has 0 radical (unpaired) electrons. The van der Waals surface area contributed by atoms with E-state index in [0.29, 0.717) is 31.2 Å². The Morgan fingerprint density at radius 2 is 1.95 bits per heavy atom. The van der Waals surface area contributed by atoms with E-state index in [0.717, 1.165) is 25.7 Å². The SMILES string of the molecule is CCOC1(c2noc(C3(C(=O)OC)CC3)n2)CCCCC1. The molecule has 21 heavy (non-hydrogen) atoms. The topological polar surface area (TPSA) is 74.5 Å². The summed E-state index contributed by atoms with van der Waals surface area (Å²) in [6.45, 7) is 2.60. The maximum Gasteiger partial charge on any atom is 0.321 e. The summed E-state index contributed by atoms with van der Waals surface area (Å²) >= 11 is 0. The molecule has 1 aromatic heterocycles. The highest BCUT2D eigenvalue weighted by atomic mass is 16.5. The number of carbonyl (C=O) groups excluding carboxylic acids is 1. The van der Waals surface area contributed by atoms with E-state index in [-0.39, 0.29) is 5.97 Å². The smallest absolute Gasteiger partial charge is 0.321 e. The van der Waals surface area contributed by atoms with Crippen LogP contribution in [0, 0.1) is 0 Å². The van der Waals surface area contributed by atoms with Crippen LogP contribution in [-0.4, -0.2) is 29.8 Å². The number of carbonyl (C=O) groups is 1. The van der Waals surface area contributed by atoms with E-state index in [1.165, 1.54) is 13.5 Å². The molecule has 0 amide bonds. The molecule has 6 nitrogen and oxygen atoms in total. The average Bonchev–Trinajstić information content (AvgIpc) is 3.17. The summed E-state index contributed by atoms with van der Waals surface area (Å²) in [4.78, 5) is 16.4. The van der Waals surface area contributed by atoms with Crippen LogP contribution in [0.5, 0.6) is 0 Å². The highest BCUT2D eigenvalue weighted by molar-refractivity contribution is 5.85. The van der Waals surface area contributed by atoms with E-state index >= 15 is 0 Å². The molecule has 2 aliphatic rings. The lowest BCUT2D eigenvalue weighted by atomic mass is 9.84. The van der Waals surface area contributed by atoms with E-state index < -0.39 is 11.0 Å². The summed E-state index contributed by atoms with van der Waals surface area (Å²) in [5.41, 5.74) is -1.15. The van der Waals surface area contributed by atoms with Crippen molar-refractivity contribution in [1.82, 2.24) is 10.1 Å². The van der Waals surface area contributed by atoms with Crippen molar-refractivity contribution in [3.05, 3.63) is 11.7 Å². The molecule has 0 spiro atoms. The van der Waals surface area contributed by atoms with Crippen molar-refractivity contribution in [2.75, 3.05) is 13.7 Å². The first kappa shape index (κ1) is 14.5. The van der Waals surface area contributed by atoms with Crippen LogP contribution in [0.1, 0.15) is 63.6 Å². The molecule has 6 heteroatoms. The number of hydrogen-bond acceptors (Lipinski definition) is 6. The fraction of sp³-hybridized carbons (Fsp3) is 0.800. The van der Waals surface area contributed by atoms with Crippen LogP contribution in [-0.2, 0) is 25.3 Å². The van der Waals surface area contributed by atoms with Crippen LogP contribution >= 0.6 is 0 Å². The van der Waals surface area contributed by atoms with Gasteiger partial charge in [0.25, 0.3) is 0 Å². The second-order valence-electron chi connectivity index (χ2n) is 5.98. The van der Waals surface area contributed by atoms with Crippen molar-refractivity contribution in [3.8, 4) is 0 Å². The van der Waals surface area contributed by atoms with Crippen LogP contribution in [0.25, 0.3) is 0 Å². The zero-order valence-corrected chi connectivity index (χ0v) is 12.7. The molecule has 2 aliphatic carbocycles. The molecule has 0 aromatic carbocycles. The first-order valence-electron chi connectivity index (χ1n) is 7.74. The Bertz CT molecular complexity index is 510. The Balaban J connectivity index is 1.88. The molecule has 0 aliphatic heterocycles. The molecule has 0 bridgehead atoms. The monoisotopic (exact) mass is 294 g/mol. The summed E-state index contributed by atoms with van der Waals surface area (Å²) in [5, 5.41) is 4.13. The van der Waals surface area contributed by atoms with Crippen molar-refractivity contribution < 1.29 is 18.8 Å². The summed E-state index contributed by atoms with van der Waals surface area (Å²) < 4.78 is 16.2. The van der Waals surface area contributed by atoms with Gasteiger partial charge in [0.1, 0.15) is 11.0 Å². The first-order valence-corrected chi connectivity index (χ1v) is 7.74. The van der Waals surface area contributed by atoms with Crippen molar-refractivity contribution in [2.45, 2.75) is 62.9 Å². The van der Waals surface area contributed by atoms with Crippen LogP contribution < -0.4 is 0 Å². The number of aromatic nitrogens is 2. The zero-order chi connectivity index (χ0) is 14.9. The first-order chi connectivity index (χ1) is 10.2. The Morgan fingerprint density at radius 3 is 2.52 bits per heavy atom. The minimum absolute atomic E-state index is 0.285. The number of ether oxygens (including phenoxy) is 2. The molecule has 116 valence electrons. The largest absolute Gasteiger partial charge is 0.468 e. The number of rotatable bonds is 5. The van der Waals surface area contributed by atoms with Gasteiger partial charge in [0.15, 0.2) is 0 Å². The summed E-state index contributed by atoms with van der Waals surface area (Å²) in [6.07, 6.45) is 6.66. The van der Waals surface area contributed by atoms with Crippen molar-refractivity contribution in [3.63, 3.8) is 0 Å². The van der Waals surface area contributed by atoms with Gasteiger partial charge in [-0.2, -0.15) is 4.98 Å². The van der Waals surface area contributed by atoms with Gasteiger partial charge in [-0.05, 0) is 32.6 Å². The normalized spacial score (nSPS) is 22.8. The molecular weight excluding hydrogens is 272 g/mol. The third-order valence-electron chi connectivity index (χ3n) is 4.65. The molecule has 2 fully saturated rings. The van der Waals surface area contributed by atoms with Gasteiger partial charge < -0.3 is 14.0 Å². The van der Waals surface area contributed by atoms with Gasteiger partial charge >= 0.3 is 5.97 Å². The third kappa shape index (κ3) is 2.35. The molecular formula is C15H22N2O4. The molecule has 0 atom stereocenters. The van der Waals surface area contributed by atoms with E-state index in [4.69, 9.17) is 14.0 Å². The van der Waals surface area contributed by atoms with Crippen molar-refractivity contribution >= 4 is 5.97 Å². The van der Waals surface area contributed by atoms with Crippen LogP contribution in [0.3, 0.4) is 0 Å². The predicted octanol–water partition coefficient (Wildman–Crippen LogP) is 2.47. The van der Waals surface area contributed by atoms with E-state index in [2.05, 4.69) is 10.1 Å². The Morgan fingerprint density at radius 1 is 1.24 bits per heavy atom. The van der Waals surface area contributed by atoms with E-state index in [1.807, 2.05) is 6.92 Å². The highest BCUT2D eigenvalue weighted by Gasteiger charge is 2.58. The number of esters is 1. The van der Waals surface area contributed by atoms with Crippen molar-refractivity contribution in [2.24, 2.45) is 0 Å². The zero-order valence-electron chi connectivity index (χ0n) is 12.7. The van der Waals surface area contributed by atoms with E-state index in [1.54, 1.807) is 0 Å². The van der Waals surface area contributed by atoms with Gasteiger partial charge in [-0.3, -0.25) is 4.79 Å². The molecule has 1 heterocycles. The summed E-state index contributed by atoms with van der Waals surface area (Å²) in [5.74, 6) is 0.690. The standard InChI is InChI=1S/C15H22N2O4/c1-3-20-15(7-5-4-6-8-15)11-16-12(21-17-11)14(9-10-14)13(18)19-2/h3-10H2,1-2H3. The number of hydrogen-bond donors (Lipinski definition) is 0. The lowest BCUT2D eigenvalue weighted by Gasteiger charge is -2.33. The molecule has 1 aromatic rings. The Kier molecular flexibility index (Phi) is 3.73. The minimum atomic E-state index is -0.706. The van der Waals surface area contributed by atoms with E-state index in [9.17, 15) is 4.79 Å². The average molecular weight is 294 g/mol. The third-order valence-corrected chi connectivity index (χ3v) is 4.65. The second kappa shape index (κ2) is 5.40.